The molecule has 1 heteroatoms. The van der Waals surface area contributed by atoms with Gasteiger partial charge in [0.1, 0.15) is 0 Å². The molecule has 1 aliphatic carbocycles. The maximum absolute atomic E-state index is 3.73. The summed E-state index contributed by atoms with van der Waals surface area (Å²) in [4.78, 5) is 0. The van der Waals surface area contributed by atoms with Gasteiger partial charge in [0.05, 0.1) is 0 Å². The van der Waals surface area contributed by atoms with Gasteiger partial charge >= 0.3 is 0 Å². The molecular formula is C18H29N. The molecule has 0 aliphatic heterocycles. The van der Waals surface area contributed by atoms with Crippen molar-refractivity contribution in [3.05, 3.63) is 29.8 Å². The Morgan fingerprint density at radius 1 is 1.16 bits per heavy atom. The van der Waals surface area contributed by atoms with Crippen LogP contribution in [0.4, 0.5) is 5.69 Å². The Hall–Kier alpha value is -0.980. The van der Waals surface area contributed by atoms with E-state index >= 15 is 0 Å². The number of hydrogen-bond donors (Lipinski definition) is 1. The molecule has 0 radical (unpaired) electrons. The number of unbranched alkanes of at least 4 members (excludes halogenated alkanes) is 2. The molecule has 1 atom stereocenters. The van der Waals surface area contributed by atoms with Gasteiger partial charge in [-0.1, -0.05) is 52.2 Å². The summed E-state index contributed by atoms with van der Waals surface area (Å²) in [6.07, 6.45) is 9.21. The zero-order valence-electron chi connectivity index (χ0n) is 12.8. The number of anilines is 1. The van der Waals surface area contributed by atoms with Crippen LogP contribution >= 0.6 is 0 Å². The molecule has 0 amide bonds. The molecule has 0 spiro atoms. The summed E-state index contributed by atoms with van der Waals surface area (Å²) in [6, 6.07) is 9.74. The smallest absolute Gasteiger partial charge is 0.0342 e. The second kappa shape index (κ2) is 6.45. The van der Waals surface area contributed by atoms with Crippen LogP contribution in [0.25, 0.3) is 0 Å². The lowest BCUT2D eigenvalue weighted by Gasteiger charge is -2.28. The Labute approximate surface area is 118 Å². The maximum atomic E-state index is 3.73. The first-order valence-electron chi connectivity index (χ1n) is 7.97. The van der Waals surface area contributed by atoms with Crippen molar-refractivity contribution in [3.8, 4) is 0 Å². The number of nitrogens with one attached hydrogen (secondary N) is 1. The molecule has 2 rings (SSSR count). The van der Waals surface area contributed by atoms with Crippen molar-refractivity contribution in [2.24, 2.45) is 5.41 Å². The predicted molar refractivity (Wildman–Crippen MR) is 84.7 cm³/mol. The fourth-order valence-electron chi connectivity index (χ4n) is 3.14. The molecular weight excluding hydrogens is 230 g/mol. The highest BCUT2D eigenvalue weighted by Crippen LogP contribution is 2.38. The van der Waals surface area contributed by atoms with E-state index in [2.05, 4.69) is 50.4 Å². The normalized spacial score (nSPS) is 21.5. The molecule has 0 bridgehead atoms. The zero-order valence-corrected chi connectivity index (χ0v) is 12.8. The van der Waals surface area contributed by atoms with E-state index in [4.69, 9.17) is 0 Å². The molecule has 106 valence electrons. The Bertz CT molecular complexity index is 377. The van der Waals surface area contributed by atoms with E-state index in [0.29, 0.717) is 11.5 Å². The third-order valence-electron chi connectivity index (χ3n) is 4.62. The van der Waals surface area contributed by atoms with Gasteiger partial charge in [0, 0.05) is 11.7 Å². The largest absolute Gasteiger partial charge is 0.382 e. The van der Waals surface area contributed by atoms with Gasteiger partial charge in [0.25, 0.3) is 0 Å². The lowest BCUT2D eigenvalue weighted by Crippen LogP contribution is -2.30. The molecule has 1 fully saturated rings. The number of hydrogen-bond acceptors (Lipinski definition) is 1. The number of aryl methyl sites for hydroxylation is 1. The Morgan fingerprint density at radius 3 is 2.47 bits per heavy atom. The van der Waals surface area contributed by atoms with Gasteiger partial charge in [-0.25, -0.2) is 0 Å². The molecule has 1 unspecified atom stereocenters. The van der Waals surface area contributed by atoms with Gasteiger partial charge in [0.15, 0.2) is 0 Å². The summed E-state index contributed by atoms with van der Waals surface area (Å²) in [5.41, 5.74) is 3.21. The van der Waals surface area contributed by atoms with Gasteiger partial charge < -0.3 is 5.32 Å². The minimum absolute atomic E-state index is 0.444. The first-order chi connectivity index (χ1) is 9.12. The second-order valence-electron chi connectivity index (χ2n) is 6.73. The average Bonchev–Trinajstić information content (AvgIpc) is 2.71. The van der Waals surface area contributed by atoms with Crippen molar-refractivity contribution in [3.63, 3.8) is 0 Å². The van der Waals surface area contributed by atoms with Crippen molar-refractivity contribution >= 4 is 5.69 Å². The van der Waals surface area contributed by atoms with Crippen LogP contribution < -0.4 is 5.32 Å². The summed E-state index contributed by atoms with van der Waals surface area (Å²) in [7, 11) is 0. The summed E-state index contributed by atoms with van der Waals surface area (Å²) in [5, 5.41) is 3.73. The van der Waals surface area contributed by atoms with Gasteiger partial charge in [-0.15, -0.1) is 0 Å². The summed E-state index contributed by atoms with van der Waals surface area (Å²) >= 11 is 0. The highest BCUT2D eigenvalue weighted by molar-refractivity contribution is 5.46. The molecule has 1 nitrogen and oxygen atoms in total. The third kappa shape index (κ3) is 3.99. The Balaban J connectivity index is 1.88. The van der Waals surface area contributed by atoms with E-state index in [9.17, 15) is 0 Å². The van der Waals surface area contributed by atoms with Crippen molar-refractivity contribution in [1.29, 1.82) is 0 Å². The fraction of sp³-hybridized carbons (Fsp3) is 0.667. The van der Waals surface area contributed by atoms with Crippen LogP contribution in [0.5, 0.6) is 0 Å². The van der Waals surface area contributed by atoms with Gasteiger partial charge in [-0.05, 0) is 48.8 Å². The van der Waals surface area contributed by atoms with Crippen LogP contribution in [0.15, 0.2) is 24.3 Å². The van der Waals surface area contributed by atoms with E-state index < -0.39 is 0 Å². The molecule has 1 aromatic carbocycles. The SMILES string of the molecule is CCCCCc1ccc(NC2CCCC2(C)C)cc1. The highest BCUT2D eigenvalue weighted by Gasteiger charge is 2.34. The van der Waals surface area contributed by atoms with Crippen LogP contribution in [-0.2, 0) is 6.42 Å². The topological polar surface area (TPSA) is 12.0 Å². The average molecular weight is 259 g/mol. The highest BCUT2D eigenvalue weighted by atomic mass is 14.9. The predicted octanol–water partition coefficient (Wildman–Crippen LogP) is 5.41. The van der Waals surface area contributed by atoms with Crippen molar-refractivity contribution in [2.45, 2.75) is 71.8 Å². The number of rotatable bonds is 6. The molecule has 0 aromatic heterocycles. The lowest BCUT2D eigenvalue weighted by atomic mass is 9.87. The van der Waals surface area contributed by atoms with E-state index in [1.807, 2.05) is 0 Å². The zero-order chi connectivity index (χ0) is 13.7. The monoisotopic (exact) mass is 259 g/mol. The van der Waals surface area contributed by atoms with Crippen LogP contribution in [0.1, 0.15) is 64.9 Å². The van der Waals surface area contributed by atoms with E-state index in [1.165, 1.54) is 56.2 Å². The van der Waals surface area contributed by atoms with Crippen molar-refractivity contribution < 1.29 is 0 Å². The minimum Gasteiger partial charge on any atom is -0.382 e. The van der Waals surface area contributed by atoms with Crippen LogP contribution in [0, 0.1) is 5.41 Å². The molecule has 1 aliphatic rings. The standard InChI is InChI=1S/C18H29N/c1-4-5-6-8-15-10-12-16(13-11-15)19-17-9-7-14-18(17,2)3/h10-13,17,19H,4-9,14H2,1-3H3. The van der Waals surface area contributed by atoms with Crippen LogP contribution in [0.3, 0.4) is 0 Å². The van der Waals surface area contributed by atoms with Crippen LogP contribution in [0.2, 0.25) is 0 Å². The summed E-state index contributed by atoms with van der Waals surface area (Å²) in [6.45, 7) is 7.03. The number of benzene rings is 1. The van der Waals surface area contributed by atoms with E-state index in [-0.39, 0.29) is 0 Å². The maximum Gasteiger partial charge on any atom is 0.0342 e. The first-order valence-corrected chi connectivity index (χ1v) is 7.97. The third-order valence-corrected chi connectivity index (χ3v) is 4.62. The summed E-state index contributed by atoms with van der Waals surface area (Å²) in [5.74, 6) is 0. The Kier molecular flexibility index (Phi) is 4.90. The molecule has 1 N–H and O–H groups in total. The molecule has 19 heavy (non-hydrogen) atoms. The van der Waals surface area contributed by atoms with Crippen molar-refractivity contribution in [2.75, 3.05) is 5.32 Å². The van der Waals surface area contributed by atoms with E-state index in [1.54, 1.807) is 0 Å². The first kappa shape index (κ1) is 14.4. The molecule has 1 aromatic rings. The van der Waals surface area contributed by atoms with E-state index in [0.717, 1.165) is 0 Å². The van der Waals surface area contributed by atoms with Gasteiger partial charge in [0.2, 0.25) is 0 Å². The van der Waals surface area contributed by atoms with Gasteiger partial charge in [-0.3, -0.25) is 0 Å². The quantitative estimate of drug-likeness (QED) is 0.673. The fourth-order valence-corrected chi connectivity index (χ4v) is 3.14. The lowest BCUT2D eigenvalue weighted by molar-refractivity contribution is 0.350. The molecule has 1 saturated carbocycles. The second-order valence-corrected chi connectivity index (χ2v) is 6.73. The van der Waals surface area contributed by atoms with Crippen molar-refractivity contribution in [1.82, 2.24) is 0 Å². The Morgan fingerprint density at radius 2 is 1.89 bits per heavy atom. The minimum atomic E-state index is 0.444. The molecule has 0 saturated heterocycles. The summed E-state index contributed by atoms with van der Waals surface area (Å²) < 4.78 is 0. The molecule has 0 heterocycles. The van der Waals surface area contributed by atoms with Gasteiger partial charge in [-0.2, -0.15) is 0 Å². The van der Waals surface area contributed by atoms with Crippen LogP contribution in [-0.4, -0.2) is 6.04 Å².